The summed E-state index contributed by atoms with van der Waals surface area (Å²) in [4.78, 5) is 52.0. The minimum atomic E-state index is -0.457. The smallest absolute Gasteiger partial charge is 0.309 e. The Kier molecular flexibility index (Phi) is 26.7. The molecular formula is C51H88O10. The van der Waals surface area contributed by atoms with Crippen LogP contribution in [-0.2, 0) is 47.6 Å². The monoisotopic (exact) mass is 861 g/mol. The van der Waals surface area contributed by atoms with Crippen LogP contribution in [0.4, 0.5) is 0 Å². The lowest BCUT2D eigenvalue weighted by molar-refractivity contribution is -0.162. The Morgan fingerprint density at radius 3 is 0.689 bits per heavy atom. The van der Waals surface area contributed by atoms with Gasteiger partial charge in [0.15, 0.2) is 0 Å². The third-order valence-corrected chi connectivity index (χ3v) is 13.8. The molecule has 8 unspecified atom stereocenters. The average molecular weight is 861 g/mol. The minimum absolute atomic E-state index is 0.0865. The predicted molar refractivity (Wildman–Crippen MR) is 239 cm³/mol. The Labute approximate surface area is 370 Å². The normalized spacial score (nSPS) is 25.0. The summed E-state index contributed by atoms with van der Waals surface area (Å²) in [5.41, 5.74) is 0. The van der Waals surface area contributed by atoms with Crippen LogP contribution in [0.3, 0.4) is 0 Å². The van der Waals surface area contributed by atoms with Crippen LogP contribution < -0.4 is 0 Å². The summed E-state index contributed by atoms with van der Waals surface area (Å²) < 4.78 is 34.0. The van der Waals surface area contributed by atoms with Gasteiger partial charge in [-0.15, -0.1) is 0 Å². The SMILES string of the molecule is CCCCCCCCCCCOC(=O)C1CC2OC2CC1C(=O)OCCCCCCCCCCCCCOC(=O)C1CC2OC2CC1C(=O)OCCCCCCCCCCC. The number of carbonyl (C=O) groups is 4. The van der Waals surface area contributed by atoms with Crippen molar-refractivity contribution in [3.05, 3.63) is 0 Å². The van der Waals surface area contributed by atoms with E-state index < -0.39 is 23.7 Å². The molecule has 352 valence electrons. The molecular weight excluding hydrogens is 773 g/mol. The molecule has 0 radical (unpaired) electrons. The van der Waals surface area contributed by atoms with Gasteiger partial charge in [0.1, 0.15) is 0 Å². The van der Waals surface area contributed by atoms with E-state index in [9.17, 15) is 19.2 Å². The second-order valence-corrected chi connectivity index (χ2v) is 19.0. The lowest BCUT2D eigenvalue weighted by Gasteiger charge is -2.26. The maximum Gasteiger partial charge on any atom is 0.309 e. The highest BCUT2D eigenvalue weighted by atomic mass is 16.6. The average Bonchev–Trinajstić information content (AvgIpc) is 4.20. The molecule has 4 fully saturated rings. The van der Waals surface area contributed by atoms with Gasteiger partial charge in [-0.2, -0.15) is 0 Å². The van der Waals surface area contributed by atoms with Gasteiger partial charge in [-0.1, -0.05) is 174 Å². The molecule has 10 nitrogen and oxygen atoms in total. The Balaban J connectivity index is 0.928. The van der Waals surface area contributed by atoms with Gasteiger partial charge >= 0.3 is 23.9 Å². The molecule has 61 heavy (non-hydrogen) atoms. The highest BCUT2D eigenvalue weighted by molar-refractivity contribution is 5.83. The molecule has 2 saturated heterocycles. The van der Waals surface area contributed by atoms with Crippen molar-refractivity contribution < 1.29 is 47.6 Å². The Hall–Kier alpha value is -2.20. The largest absolute Gasteiger partial charge is 0.465 e. The van der Waals surface area contributed by atoms with Gasteiger partial charge in [-0.05, 0) is 51.4 Å². The van der Waals surface area contributed by atoms with Gasteiger partial charge < -0.3 is 28.4 Å². The van der Waals surface area contributed by atoms with Crippen LogP contribution >= 0.6 is 0 Å². The first kappa shape index (κ1) is 51.4. The van der Waals surface area contributed by atoms with Crippen molar-refractivity contribution >= 4 is 23.9 Å². The maximum absolute atomic E-state index is 13.0. The quantitative estimate of drug-likeness (QED) is 0.0256. The first-order valence-electron chi connectivity index (χ1n) is 25.9. The molecule has 0 aromatic carbocycles. The third-order valence-electron chi connectivity index (χ3n) is 13.8. The molecule has 0 spiro atoms. The van der Waals surface area contributed by atoms with Gasteiger partial charge in [-0.3, -0.25) is 19.2 Å². The summed E-state index contributed by atoms with van der Waals surface area (Å²) in [7, 11) is 0. The topological polar surface area (TPSA) is 130 Å². The van der Waals surface area contributed by atoms with E-state index in [0.717, 1.165) is 64.2 Å². The van der Waals surface area contributed by atoms with Crippen molar-refractivity contribution in [3.63, 3.8) is 0 Å². The molecule has 4 rings (SSSR count). The van der Waals surface area contributed by atoms with Crippen molar-refractivity contribution in [1.82, 2.24) is 0 Å². The van der Waals surface area contributed by atoms with E-state index in [1.807, 2.05) is 0 Å². The van der Waals surface area contributed by atoms with Crippen molar-refractivity contribution in [3.8, 4) is 0 Å². The molecule has 4 aliphatic rings. The van der Waals surface area contributed by atoms with E-state index in [1.54, 1.807) is 0 Å². The number of hydrogen-bond acceptors (Lipinski definition) is 10. The van der Waals surface area contributed by atoms with Crippen LogP contribution in [0.25, 0.3) is 0 Å². The zero-order chi connectivity index (χ0) is 43.3. The number of fused-ring (bicyclic) bond motifs is 2. The second kappa shape index (κ2) is 31.6. The van der Waals surface area contributed by atoms with Crippen molar-refractivity contribution in [2.45, 2.75) is 250 Å². The molecule has 2 aliphatic carbocycles. The van der Waals surface area contributed by atoms with Crippen LogP contribution in [0.1, 0.15) is 226 Å². The summed E-state index contributed by atoms with van der Waals surface area (Å²) in [5.74, 6) is -2.87. The number of esters is 4. The van der Waals surface area contributed by atoms with E-state index in [-0.39, 0.29) is 48.3 Å². The second-order valence-electron chi connectivity index (χ2n) is 19.0. The number of ether oxygens (including phenoxy) is 6. The molecule has 0 amide bonds. The van der Waals surface area contributed by atoms with E-state index in [4.69, 9.17) is 28.4 Å². The number of hydrogen-bond donors (Lipinski definition) is 0. The Bertz CT molecular complexity index is 1120. The Morgan fingerprint density at radius 1 is 0.311 bits per heavy atom. The molecule has 2 saturated carbocycles. The van der Waals surface area contributed by atoms with Crippen LogP contribution in [0.5, 0.6) is 0 Å². The fourth-order valence-electron chi connectivity index (χ4n) is 9.63. The van der Waals surface area contributed by atoms with Crippen LogP contribution in [-0.4, -0.2) is 74.7 Å². The lowest BCUT2D eigenvalue weighted by atomic mass is 9.79. The number of rotatable bonds is 38. The number of epoxide rings is 2. The standard InChI is InChI=1S/C51H88O10/c1-3-5-7-9-11-16-20-24-28-32-56-48(52)40-36-44-46(60-44)38-42(40)50(54)58-34-30-26-22-18-14-13-15-19-23-27-31-35-59-51(55)43-39-47-45(61-47)37-41(43)49(53)57-33-29-25-21-17-12-10-8-6-4-2/h40-47H,3-39H2,1-2H3. The van der Waals surface area contributed by atoms with Crippen molar-refractivity contribution in [2.75, 3.05) is 26.4 Å². The van der Waals surface area contributed by atoms with Crippen LogP contribution in [0.2, 0.25) is 0 Å². The summed E-state index contributed by atoms with van der Waals surface area (Å²) in [6, 6.07) is 0. The fourth-order valence-corrected chi connectivity index (χ4v) is 9.63. The van der Waals surface area contributed by atoms with Gasteiger partial charge in [0.05, 0.1) is 74.5 Å². The van der Waals surface area contributed by atoms with E-state index in [0.29, 0.717) is 52.1 Å². The molecule has 2 heterocycles. The van der Waals surface area contributed by atoms with E-state index >= 15 is 0 Å². The summed E-state index contributed by atoms with van der Waals surface area (Å²) >= 11 is 0. The van der Waals surface area contributed by atoms with Gasteiger partial charge in [0.2, 0.25) is 0 Å². The third kappa shape index (κ3) is 21.4. The summed E-state index contributed by atoms with van der Waals surface area (Å²) in [6.07, 6.45) is 36.5. The zero-order valence-electron chi connectivity index (χ0n) is 38.9. The van der Waals surface area contributed by atoms with Crippen LogP contribution in [0.15, 0.2) is 0 Å². The number of carbonyl (C=O) groups excluding carboxylic acids is 4. The highest BCUT2D eigenvalue weighted by Crippen LogP contribution is 2.45. The Morgan fingerprint density at radius 2 is 0.492 bits per heavy atom. The molecule has 0 aromatic heterocycles. The molecule has 0 aromatic rings. The number of unbranched alkanes of at least 4 members (excludes halogenated alkanes) is 26. The summed E-state index contributed by atoms with van der Waals surface area (Å²) in [6.45, 7) is 6.15. The van der Waals surface area contributed by atoms with E-state index in [1.165, 1.54) is 122 Å². The van der Waals surface area contributed by atoms with Gasteiger partial charge in [0.25, 0.3) is 0 Å². The highest BCUT2D eigenvalue weighted by Gasteiger charge is 2.54. The lowest BCUT2D eigenvalue weighted by Crippen LogP contribution is -2.37. The van der Waals surface area contributed by atoms with E-state index in [2.05, 4.69) is 13.8 Å². The molecule has 8 atom stereocenters. The first-order valence-corrected chi connectivity index (χ1v) is 25.9. The maximum atomic E-state index is 13.0. The van der Waals surface area contributed by atoms with Gasteiger partial charge in [-0.25, -0.2) is 0 Å². The molecule has 2 aliphatic heterocycles. The fraction of sp³-hybridized carbons (Fsp3) is 0.922. The first-order chi connectivity index (χ1) is 29.9. The molecule has 0 N–H and O–H groups in total. The van der Waals surface area contributed by atoms with Gasteiger partial charge in [0, 0.05) is 0 Å². The predicted octanol–water partition coefficient (Wildman–Crippen LogP) is 12.1. The van der Waals surface area contributed by atoms with Crippen molar-refractivity contribution in [2.24, 2.45) is 23.7 Å². The molecule has 0 bridgehead atoms. The summed E-state index contributed by atoms with van der Waals surface area (Å²) in [5, 5.41) is 0. The van der Waals surface area contributed by atoms with Crippen LogP contribution in [0, 0.1) is 23.7 Å². The molecule has 10 heteroatoms. The minimum Gasteiger partial charge on any atom is -0.465 e. The zero-order valence-corrected chi connectivity index (χ0v) is 38.9. The van der Waals surface area contributed by atoms with Crippen molar-refractivity contribution in [1.29, 1.82) is 0 Å².